The zero-order valence-electron chi connectivity index (χ0n) is 14.1. The lowest BCUT2D eigenvalue weighted by molar-refractivity contribution is 0.112. The minimum absolute atomic E-state index is 0.485. The van der Waals surface area contributed by atoms with Gasteiger partial charge in [-0.05, 0) is 23.8 Å². The van der Waals surface area contributed by atoms with Crippen LogP contribution in [0.2, 0.25) is 10.0 Å². The second kappa shape index (κ2) is 7.80. The molecule has 0 atom stereocenters. The van der Waals surface area contributed by atoms with Gasteiger partial charge in [-0.1, -0.05) is 40.5 Å². The molecule has 8 heteroatoms. The molecule has 0 saturated carbocycles. The summed E-state index contributed by atoms with van der Waals surface area (Å²) in [5.74, 6) is 1.70. The van der Waals surface area contributed by atoms with Gasteiger partial charge >= 0.3 is 0 Å². The Kier molecular flexibility index (Phi) is 5.26. The maximum atomic E-state index is 6.29. The maximum Gasteiger partial charge on any atom is 0.241 e. The van der Waals surface area contributed by atoms with E-state index in [4.69, 9.17) is 32.1 Å². The average Bonchev–Trinajstić information content (AvgIpc) is 3.32. The van der Waals surface area contributed by atoms with Gasteiger partial charge in [0.05, 0.1) is 22.9 Å². The summed E-state index contributed by atoms with van der Waals surface area (Å²) in [6.07, 6.45) is 1.59. The molecule has 1 aromatic carbocycles. The summed E-state index contributed by atoms with van der Waals surface area (Å²) in [6.45, 7) is 5.19. The van der Waals surface area contributed by atoms with Gasteiger partial charge in [-0.3, -0.25) is 9.80 Å². The minimum atomic E-state index is 0.485. The first-order chi connectivity index (χ1) is 12.7. The lowest BCUT2D eigenvalue weighted by Gasteiger charge is -2.34. The van der Waals surface area contributed by atoms with E-state index in [1.54, 1.807) is 12.3 Å². The van der Waals surface area contributed by atoms with Gasteiger partial charge in [0.1, 0.15) is 0 Å². The third-order valence-electron chi connectivity index (χ3n) is 4.46. The fraction of sp³-hybridized carbons (Fsp3) is 0.333. The summed E-state index contributed by atoms with van der Waals surface area (Å²) in [5, 5.41) is 5.22. The molecular formula is C18H18Cl2N4O2. The molecule has 2 aromatic heterocycles. The van der Waals surface area contributed by atoms with Crippen molar-refractivity contribution in [3.05, 3.63) is 58.1 Å². The molecule has 0 amide bonds. The van der Waals surface area contributed by atoms with Crippen LogP contribution in [0.25, 0.3) is 11.6 Å². The molecule has 1 fully saturated rings. The van der Waals surface area contributed by atoms with E-state index in [1.807, 2.05) is 24.3 Å². The molecule has 4 rings (SSSR count). The van der Waals surface area contributed by atoms with Crippen LogP contribution in [-0.4, -0.2) is 46.1 Å². The number of piperazine rings is 1. The van der Waals surface area contributed by atoms with E-state index in [-0.39, 0.29) is 0 Å². The fourth-order valence-corrected chi connectivity index (χ4v) is 3.41. The van der Waals surface area contributed by atoms with Gasteiger partial charge in [-0.25, -0.2) is 0 Å². The fourth-order valence-electron chi connectivity index (χ4n) is 3.03. The number of hydrogen-bond acceptors (Lipinski definition) is 6. The molecule has 6 nitrogen and oxygen atoms in total. The number of furan rings is 1. The largest absolute Gasteiger partial charge is 0.461 e. The zero-order chi connectivity index (χ0) is 17.9. The molecule has 0 bridgehead atoms. The third kappa shape index (κ3) is 3.94. The number of aromatic nitrogens is 2. The van der Waals surface area contributed by atoms with E-state index in [2.05, 4.69) is 19.9 Å². The van der Waals surface area contributed by atoms with Gasteiger partial charge in [0.25, 0.3) is 0 Å². The van der Waals surface area contributed by atoms with Crippen molar-refractivity contribution in [1.29, 1.82) is 0 Å². The van der Waals surface area contributed by atoms with Crippen molar-refractivity contribution >= 4 is 23.2 Å². The highest BCUT2D eigenvalue weighted by Crippen LogP contribution is 2.27. The molecule has 1 aliphatic rings. The Morgan fingerprint density at radius 2 is 1.73 bits per heavy atom. The van der Waals surface area contributed by atoms with Crippen molar-refractivity contribution in [3.8, 4) is 11.6 Å². The zero-order valence-corrected chi connectivity index (χ0v) is 15.6. The molecule has 0 aliphatic carbocycles. The van der Waals surface area contributed by atoms with Crippen LogP contribution in [0.4, 0.5) is 0 Å². The van der Waals surface area contributed by atoms with E-state index in [0.29, 0.717) is 34.1 Å². The first-order valence-electron chi connectivity index (χ1n) is 8.43. The summed E-state index contributed by atoms with van der Waals surface area (Å²) >= 11 is 12.4. The molecule has 3 aromatic rings. The Balaban J connectivity index is 1.30. The number of benzene rings is 1. The average molecular weight is 393 g/mol. The summed E-state index contributed by atoms with van der Waals surface area (Å²) in [6, 6.07) is 9.39. The van der Waals surface area contributed by atoms with Crippen molar-refractivity contribution in [2.24, 2.45) is 0 Å². The predicted molar refractivity (Wildman–Crippen MR) is 99.0 cm³/mol. The predicted octanol–water partition coefficient (Wildman–Crippen LogP) is 3.95. The SMILES string of the molecule is Clc1cccc(CN2CCN(Cc3nc(-c4ccco4)no3)CC2)c1Cl. The van der Waals surface area contributed by atoms with E-state index in [0.717, 1.165) is 38.3 Å². The molecular weight excluding hydrogens is 375 g/mol. The number of hydrogen-bond donors (Lipinski definition) is 0. The topological polar surface area (TPSA) is 58.5 Å². The van der Waals surface area contributed by atoms with Crippen LogP contribution in [0, 0.1) is 0 Å². The normalized spacial score (nSPS) is 16.2. The van der Waals surface area contributed by atoms with Crippen LogP contribution >= 0.6 is 23.2 Å². The summed E-state index contributed by atoms with van der Waals surface area (Å²) < 4.78 is 10.6. The van der Waals surface area contributed by atoms with Crippen LogP contribution < -0.4 is 0 Å². The highest BCUT2D eigenvalue weighted by Gasteiger charge is 2.20. The lowest BCUT2D eigenvalue weighted by atomic mass is 10.2. The molecule has 136 valence electrons. The standard InChI is InChI=1S/C18H18Cl2N4O2/c19-14-4-1-3-13(17(14)20)11-23-6-8-24(9-7-23)12-16-21-18(22-26-16)15-5-2-10-25-15/h1-5,10H,6-9,11-12H2. The monoisotopic (exact) mass is 392 g/mol. The molecule has 3 heterocycles. The number of halogens is 2. The smallest absolute Gasteiger partial charge is 0.241 e. The molecule has 0 radical (unpaired) electrons. The maximum absolute atomic E-state index is 6.29. The number of rotatable bonds is 5. The molecule has 0 spiro atoms. The summed E-state index contributed by atoms with van der Waals surface area (Å²) in [5.41, 5.74) is 1.06. The molecule has 0 unspecified atom stereocenters. The van der Waals surface area contributed by atoms with Crippen LogP contribution in [0.5, 0.6) is 0 Å². The Hall–Kier alpha value is -1.86. The van der Waals surface area contributed by atoms with Gasteiger partial charge in [0, 0.05) is 32.7 Å². The van der Waals surface area contributed by atoms with E-state index in [1.165, 1.54) is 0 Å². The van der Waals surface area contributed by atoms with Crippen LogP contribution in [-0.2, 0) is 13.1 Å². The van der Waals surface area contributed by atoms with Gasteiger partial charge in [0.15, 0.2) is 5.76 Å². The van der Waals surface area contributed by atoms with Crippen LogP contribution in [0.1, 0.15) is 11.5 Å². The van der Waals surface area contributed by atoms with Gasteiger partial charge in [-0.2, -0.15) is 4.98 Å². The highest BCUT2D eigenvalue weighted by molar-refractivity contribution is 6.42. The Morgan fingerprint density at radius 3 is 2.46 bits per heavy atom. The quantitative estimate of drug-likeness (QED) is 0.654. The van der Waals surface area contributed by atoms with E-state index >= 15 is 0 Å². The molecule has 0 N–H and O–H groups in total. The molecule has 26 heavy (non-hydrogen) atoms. The second-order valence-corrected chi connectivity index (χ2v) is 7.04. The van der Waals surface area contributed by atoms with Crippen molar-refractivity contribution in [2.45, 2.75) is 13.1 Å². The minimum Gasteiger partial charge on any atom is -0.461 e. The first kappa shape index (κ1) is 17.5. The first-order valence-corrected chi connectivity index (χ1v) is 9.19. The molecule has 1 aliphatic heterocycles. The Bertz CT molecular complexity index is 858. The summed E-state index contributed by atoms with van der Waals surface area (Å²) in [4.78, 5) is 9.07. The second-order valence-electron chi connectivity index (χ2n) is 6.25. The van der Waals surface area contributed by atoms with E-state index < -0.39 is 0 Å². The van der Waals surface area contributed by atoms with Crippen molar-refractivity contribution in [2.75, 3.05) is 26.2 Å². The van der Waals surface area contributed by atoms with Crippen LogP contribution in [0.15, 0.2) is 45.5 Å². The van der Waals surface area contributed by atoms with Crippen molar-refractivity contribution in [3.63, 3.8) is 0 Å². The number of nitrogens with zero attached hydrogens (tertiary/aromatic N) is 4. The lowest BCUT2D eigenvalue weighted by Crippen LogP contribution is -2.45. The third-order valence-corrected chi connectivity index (χ3v) is 5.32. The van der Waals surface area contributed by atoms with E-state index in [9.17, 15) is 0 Å². The van der Waals surface area contributed by atoms with Crippen molar-refractivity contribution < 1.29 is 8.94 Å². The van der Waals surface area contributed by atoms with Crippen LogP contribution in [0.3, 0.4) is 0 Å². The van der Waals surface area contributed by atoms with Gasteiger partial charge in [-0.15, -0.1) is 0 Å². The Morgan fingerprint density at radius 1 is 0.962 bits per heavy atom. The highest BCUT2D eigenvalue weighted by atomic mass is 35.5. The summed E-state index contributed by atoms with van der Waals surface area (Å²) in [7, 11) is 0. The van der Waals surface area contributed by atoms with Crippen molar-refractivity contribution in [1.82, 2.24) is 19.9 Å². The molecule has 1 saturated heterocycles. The Labute approximate surface area is 161 Å². The van der Waals surface area contributed by atoms with Gasteiger partial charge in [0.2, 0.25) is 11.7 Å². The van der Waals surface area contributed by atoms with Gasteiger partial charge < -0.3 is 8.94 Å².